The summed E-state index contributed by atoms with van der Waals surface area (Å²) in [5, 5.41) is 4.15. The van der Waals surface area contributed by atoms with Gasteiger partial charge in [-0.2, -0.15) is 0 Å². The number of rotatable bonds is 6. The standard InChI is InChI=1S/C25H29N7O2S/c1-35-25-28-22(27-20-2-4-21(5-3-20)30-14-16-34-17-15-30)18-23(29-25)31-10-12-32(13-11-31)24(33)19-6-8-26-9-7-19/h2-9,18H,10-17H2,1H3,(H,27,28,29). The molecule has 182 valence electrons. The number of hydrogen-bond acceptors (Lipinski definition) is 9. The summed E-state index contributed by atoms with van der Waals surface area (Å²) in [5.41, 5.74) is 2.85. The van der Waals surface area contributed by atoms with Crippen molar-refractivity contribution in [1.29, 1.82) is 0 Å². The first-order valence-electron chi connectivity index (χ1n) is 11.8. The van der Waals surface area contributed by atoms with Gasteiger partial charge in [0.2, 0.25) is 0 Å². The van der Waals surface area contributed by atoms with Crippen LogP contribution in [0.25, 0.3) is 0 Å². The fraction of sp³-hybridized carbons (Fsp3) is 0.360. The van der Waals surface area contributed by atoms with Crippen LogP contribution in [-0.4, -0.2) is 84.5 Å². The first kappa shape index (κ1) is 23.4. The summed E-state index contributed by atoms with van der Waals surface area (Å²) in [5.74, 6) is 1.67. The molecular formula is C25H29N7O2S. The number of morpholine rings is 1. The van der Waals surface area contributed by atoms with Gasteiger partial charge in [0.15, 0.2) is 5.16 Å². The summed E-state index contributed by atoms with van der Waals surface area (Å²) in [6.45, 7) is 6.10. The van der Waals surface area contributed by atoms with E-state index in [9.17, 15) is 4.79 Å². The van der Waals surface area contributed by atoms with E-state index in [4.69, 9.17) is 9.72 Å². The van der Waals surface area contributed by atoms with Gasteiger partial charge < -0.3 is 24.8 Å². The molecular weight excluding hydrogens is 462 g/mol. The van der Waals surface area contributed by atoms with Crippen molar-refractivity contribution in [3.05, 3.63) is 60.4 Å². The van der Waals surface area contributed by atoms with E-state index in [0.29, 0.717) is 23.8 Å². The van der Waals surface area contributed by atoms with E-state index in [1.165, 1.54) is 17.4 Å². The van der Waals surface area contributed by atoms with Gasteiger partial charge in [-0.1, -0.05) is 11.8 Å². The average molecular weight is 492 g/mol. The molecule has 2 saturated heterocycles. The number of piperazine rings is 1. The zero-order chi connectivity index (χ0) is 24.0. The number of pyridine rings is 1. The third-order valence-corrected chi connectivity index (χ3v) is 6.76. The SMILES string of the molecule is CSc1nc(Nc2ccc(N3CCOCC3)cc2)cc(N2CCN(C(=O)c3ccncc3)CC2)n1. The van der Waals surface area contributed by atoms with Gasteiger partial charge in [-0.25, -0.2) is 9.97 Å². The van der Waals surface area contributed by atoms with Crippen molar-refractivity contribution < 1.29 is 9.53 Å². The second-order valence-corrected chi connectivity index (χ2v) is 9.16. The third-order valence-electron chi connectivity index (χ3n) is 6.21. The summed E-state index contributed by atoms with van der Waals surface area (Å²) in [6.07, 6.45) is 5.28. The summed E-state index contributed by atoms with van der Waals surface area (Å²) >= 11 is 1.52. The number of amides is 1. The molecule has 10 heteroatoms. The van der Waals surface area contributed by atoms with Crippen molar-refractivity contribution in [3.63, 3.8) is 0 Å². The predicted octanol–water partition coefficient (Wildman–Crippen LogP) is 3.14. The van der Waals surface area contributed by atoms with E-state index < -0.39 is 0 Å². The highest BCUT2D eigenvalue weighted by atomic mass is 32.2. The molecule has 2 fully saturated rings. The number of hydrogen-bond donors (Lipinski definition) is 1. The molecule has 4 heterocycles. The Bertz CT molecular complexity index is 1130. The van der Waals surface area contributed by atoms with Crippen molar-refractivity contribution in [1.82, 2.24) is 19.9 Å². The maximum atomic E-state index is 12.8. The van der Waals surface area contributed by atoms with Gasteiger partial charge >= 0.3 is 0 Å². The number of anilines is 4. The van der Waals surface area contributed by atoms with Gasteiger partial charge in [0.05, 0.1) is 13.2 Å². The molecule has 2 aliphatic heterocycles. The number of nitrogens with zero attached hydrogens (tertiary/aromatic N) is 6. The van der Waals surface area contributed by atoms with Gasteiger partial charge in [-0.3, -0.25) is 9.78 Å². The van der Waals surface area contributed by atoms with E-state index in [-0.39, 0.29) is 5.91 Å². The highest BCUT2D eigenvalue weighted by Gasteiger charge is 2.23. The maximum absolute atomic E-state index is 12.8. The number of carbonyl (C=O) groups excluding carboxylic acids is 1. The quantitative estimate of drug-likeness (QED) is 0.413. The first-order valence-corrected chi connectivity index (χ1v) is 13.0. The minimum atomic E-state index is 0.0439. The summed E-state index contributed by atoms with van der Waals surface area (Å²) in [4.78, 5) is 32.6. The number of aromatic nitrogens is 3. The molecule has 0 saturated carbocycles. The van der Waals surface area contributed by atoms with Gasteiger partial charge in [0, 0.05) is 74.7 Å². The highest BCUT2D eigenvalue weighted by molar-refractivity contribution is 7.98. The highest BCUT2D eigenvalue weighted by Crippen LogP contribution is 2.26. The fourth-order valence-electron chi connectivity index (χ4n) is 4.27. The molecule has 0 radical (unpaired) electrons. The lowest BCUT2D eigenvalue weighted by Gasteiger charge is -2.35. The van der Waals surface area contributed by atoms with Crippen molar-refractivity contribution >= 4 is 40.7 Å². The lowest BCUT2D eigenvalue weighted by Crippen LogP contribution is -2.49. The molecule has 0 unspecified atom stereocenters. The van der Waals surface area contributed by atoms with E-state index in [0.717, 1.165) is 56.7 Å². The number of ether oxygens (including phenoxy) is 1. The van der Waals surface area contributed by atoms with Crippen LogP contribution in [0.2, 0.25) is 0 Å². The molecule has 1 aromatic carbocycles. The Hall–Kier alpha value is -3.37. The average Bonchev–Trinajstić information content (AvgIpc) is 2.94. The second kappa shape index (κ2) is 10.9. The minimum absolute atomic E-state index is 0.0439. The predicted molar refractivity (Wildman–Crippen MR) is 139 cm³/mol. The van der Waals surface area contributed by atoms with Crippen LogP contribution < -0.4 is 15.1 Å². The Kier molecular flexibility index (Phi) is 7.29. The van der Waals surface area contributed by atoms with Crippen LogP contribution in [0.1, 0.15) is 10.4 Å². The molecule has 0 atom stereocenters. The molecule has 2 aliphatic rings. The molecule has 3 aromatic rings. The maximum Gasteiger partial charge on any atom is 0.254 e. The second-order valence-electron chi connectivity index (χ2n) is 8.38. The van der Waals surface area contributed by atoms with Crippen LogP contribution in [0.4, 0.5) is 23.0 Å². The summed E-state index contributed by atoms with van der Waals surface area (Å²) in [6, 6.07) is 13.9. The largest absolute Gasteiger partial charge is 0.378 e. The Labute approximate surface area is 209 Å². The van der Waals surface area contributed by atoms with Crippen molar-refractivity contribution in [2.75, 3.05) is 73.9 Å². The molecule has 35 heavy (non-hydrogen) atoms. The Balaban J connectivity index is 1.25. The lowest BCUT2D eigenvalue weighted by atomic mass is 10.2. The normalized spacial score (nSPS) is 16.3. The molecule has 5 rings (SSSR count). The molecule has 0 aliphatic carbocycles. The van der Waals surface area contributed by atoms with Crippen LogP contribution in [0.15, 0.2) is 60.0 Å². The van der Waals surface area contributed by atoms with Gasteiger partial charge in [0.1, 0.15) is 11.6 Å². The zero-order valence-electron chi connectivity index (χ0n) is 19.8. The molecule has 1 amide bonds. The van der Waals surface area contributed by atoms with Gasteiger partial charge in [0.25, 0.3) is 5.91 Å². The molecule has 0 spiro atoms. The monoisotopic (exact) mass is 491 g/mol. The van der Waals surface area contributed by atoms with Gasteiger partial charge in [-0.05, 0) is 42.7 Å². The van der Waals surface area contributed by atoms with E-state index in [1.54, 1.807) is 24.5 Å². The summed E-state index contributed by atoms with van der Waals surface area (Å²) in [7, 11) is 0. The Morgan fingerprint density at radius 1 is 0.914 bits per heavy atom. The number of thioether (sulfide) groups is 1. The zero-order valence-corrected chi connectivity index (χ0v) is 20.6. The molecule has 2 aromatic heterocycles. The van der Waals surface area contributed by atoms with Crippen LogP contribution in [0.5, 0.6) is 0 Å². The van der Waals surface area contributed by atoms with E-state index in [2.05, 4.69) is 49.4 Å². The minimum Gasteiger partial charge on any atom is -0.378 e. The molecule has 1 N–H and O–H groups in total. The smallest absolute Gasteiger partial charge is 0.254 e. The third kappa shape index (κ3) is 5.66. The van der Waals surface area contributed by atoms with Crippen LogP contribution in [0.3, 0.4) is 0 Å². The van der Waals surface area contributed by atoms with Crippen molar-refractivity contribution in [2.24, 2.45) is 0 Å². The molecule has 0 bridgehead atoms. The summed E-state index contributed by atoms with van der Waals surface area (Å²) < 4.78 is 5.45. The van der Waals surface area contributed by atoms with Crippen molar-refractivity contribution in [3.8, 4) is 0 Å². The van der Waals surface area contributed by atoms with Gasteiger partial charge in [-0.15, -0.1) is 0 Å². The van der Waals surface area contributed by atoms with Crippen molar-refractivity contribution in [2.45, 2.75) is 5.16 Å². The fourth-order valence-corrected chi connectivity index (χ4v) is 4.65. The lowest BCUT2D eigenvalue weighted by molar-refractivity contribution is 0.0746. The van der Waals surface area contributed by atoms with Crippen LogP contribution in [0, 0.1) is 0 Å². The number of carbonyl (C=O) groups is 1. The Morgan fingerprint density at radius 3 is 2.31 bits per heavy atom. The molecule has 9 nitrogen and oxygen atoms in total. The van der Waals surface area contributed by atoms with E-state index >= 15 is 0 Å². The Morgan fingerprint density at radius 2 is 1.63 bits per heavy atom. The van der Waals surface area contributed by atoms with Crippen LogP contribution >= 0.6 is 11.8 Å². The number of benzene rings is 1. The first-order chi connectivity index (χ1) is 17.2. The van der Waals surface area contributed by atoms with E-state index in [1.807, 2.05) is 17.2 Å². The van der Waals surface area contributed by atoms with Crippen LogP contribution in [-0.2, 0) is 4.74 Å². The number of nitrogens with one attached hydrogen (secondary N) is 1. The topological polar surface area (TPSA) is 86.7 Å².